The molecular formula is C31H33F3N4O3. The summed E-state index contributed by atoms with van der Waals surface area (Å²) in [6.07, 6.45) is 4.72. The first-order valence-corrected chi connectivity index (χ1v) is 13.8. The highest BCUT2D eigenvalue weighted by atomic mass is 19.4. The number of hydrogen-bond acceptors (Lipinski definition) is 6. The maximum atomic E-state index is 12.8. The predicted octanol–water partition coefficient (Wildman–Crippen LogP) is 6.39. The van der Waals surface area contributed by atoms with Crippen molar-refractivity contribution in [3.63, 3.8) is 0 Å². The van der Waals surface area contributed by atoms with Crippen molar-refractivity contribution >= 4 is 17.8 Å². The molecule has 3 heterocycles. The topological polar surface area (TPSA) is 87.6 Å². The van der Waals surface area contributed by atoms with Crippen LogP contribution in [0, 0.1) is 0 Å². The highest BCUT2D eigenvalue weighted by molar-refractivity contribution is 5.94. The van der Waals surface area contributed by atoms with Crippen LogP contribution in [0.1, 0.15) is 66.9 Å². The van der Waals surface area contributed by atoms with Gasteiger partial charge in [0, 0.05) is 37.6 Å². The Morgan fingerprint density at radius 3 is 2.46 bits per heavy atom. The van der Waals surface area contributed by atoms with Gasteiger partial charge in [0.25, 0.3) is 5.91 Å². The smallest absolute Gasteiger partial charge is 0.417 e. The van der Waals surface area contributed by atoms with Gasteiger partial charge in [0.2, 0.25) is 5.88 Å². The number of amides is 1. The van der Waals surface area contributed by atoms with Crippen molar-refractivity contribution in [1.29, 1.82) is 0 Å². The summed E-state index contributed by atoms with van der Waals surface area (Å²) in [6, 6.07) is 13.2. The van der Waals surface area contributed by atoms with Gasteiger partial charge >= 0.3 is 6.18 Å². The van der Waals surface area contributed by atoms with E-state index in [1.54, 1.807) is 18.3 Å². The van der Waals surface area contributed by atoms with Gasteiger partial charge in [0.1, 0.15) is 11.6 Å². The Labute approximate surface area is 237 Å². The Kier molecular flexibility index (Phi) is 8.30. The quantitative estimate of drug-likeness (QED) is 0.359. The van der Waals surface area contributed by atoms with Crippen molar-refractivity contribution in [1.82, 2.24) is 15.3 Å². The maximum Gasteiger partial charge on any atom is 0.417 e. The van der Waals surface area contributed by atoms with Crippen LogP contribution in [0.25, 0.3) is 6.08 Å². The molecule has 1 saturated carbocycles. The molecule has 1 amide bonds. The molecule has 2 aliphatic rings. The summed E-state index contributed by atoms with van der Waals surface area (Å²) >= 11 is 0. The number of benzene rings is 1. The molecule has 0 bridgehead atoms. The molecule has 0 radical (unpaired) electrons. The minimum Gasteiger partial charge on any atom is -0.439 e. The third-order valence-electron chi connectivity index (χ3n) is 7.65. The average Bonchev–Trinajstić information content (AvgIpc) is 2.94. The molecule has 2 fully saturated rings. The van der Waals surface area contributed by atoms with Gasteiger partial charge < -0.3 is 20.1 Å². The summed E-state index contributed by atoms with van der Waals surface area (Å²) < 4.78 is 43.9. The molecule has 1 aliphatic carbocycles. The van der Waals surface area contributed by atoms with E-state index in [-0.39, 0.29) is 17.8 Å². The van der Waals surface area contributed by atoms with E-state index < -0.39 is 17.3 Å². The molecule has 10 heteroatoms. The molecule has 5 rings (SSSR count). The number of nitrogens with zero attached hydrogens (tertiary/aromatic N) is 3. The SMILES string of the molecule is CC1(O)CCN(c2ccc(C(=O)NC3CCC(=Cc4cccc(Oc5ccc(C(F)(F)F)cn5)c4)CC3)cn2)CC1. The van der Waals surface area contributed by atoms with Gasteiger partial charge in [-0.15, -0.1) is 0 Å². The Morgan fingerprint density at radius 1 is 1.07 bits per heavy atom. The number of rotatable bonds is 6. The molecule has 7 nitrogen and oxygen atoms in total. The molecule has 0 spiro atoms. The highest BCUT2D eigenvalue weighted by Crippen LogP contribution is 2.31. The van der Waals surface area contributed by atoms with E-state index in [4.69, 9.17) is 4.74 Å². The number of hydrogen-bond donors (Lipinski definition) is 2. The van der Waals surface area contributed by atoms with E-state index >= 15 is 0 Å². The molecule has 3 aromatic rings. The van der Waals surface area contributed by atoms with Crippen LogP contribution in [0.3, 0.4) is 0 Å². The minimum absolute atomic E-state index is 0.0732. The zero-order chi connectivity index (χ0) is 29.0. The van der Waals surface area contributed by atoms with E-state index in [1.165, 1.54) is 11.6 Å². The lowest BCUT2D eigenvalue weighted by Crippen LogP contribution is -2.42. The fraction of sp³-hybridized carbons (Fsp3) is 0.387. The number of allylic oxidation sites excluding steroid dienone is 1. The largest absolute Gasteiger partial charge is 0.439 e. The van der Waals surface area contributed by atoms with Gasteiger partial charge in [-0.2, -0.15) is 13.2 Å². The number of pyridine rings is 2. The summed E-state index contributed by atoms with van der Waals surface area (Å²) in [6.45, 7) is 3.32. The molecule has 2 N–H and O–H groups in total. The second-order valence-electron chi connectivity index (χ2n) is 11.0. The molecule has 2 aromatic heterocycles. The number of aromatic nitrogens is 2. The zero-order valence-electron chi connectivity index (χ0n) is 22.8. The maximum absolute atomic E-state index is 12.8. The number of ether oxygens (including phenoxy) is 1. The second-order valence-corrected chi connectivity index (χ2v) is 11.0. The Bertz CT molecular complexity index is 1370. The second kappa shape index (κ2) is 11.9. The number of piperidine rings is 1. The fourth-order valence-corrected chi connectivity index (χ4v) is 5.10. The third kappa shape index (κ3) is 7.64. The van der Waals surface area contributed by atoms with Gasteiger partial charge in [0.05, 0.1) is 16.7 Å². The summed E-state index contributed by atoms with van der Waals surface area (Å²) in [7, 11) is 0. The van der Waals surface area contributed by atoms with Gasteiger partial charge in [-0.1, -0.05) is 23.8 Å². The normalized spacial score (nSPS) is 19.0. The summed E-state index contributed by atoms with van der Waals surface area (Å²) in [4.78, 5) is 23.2. The van der Waals surface area contributed by atoms with Crippen molar-refractivity contribution in [2.24, 2.45) is 0 Å². The van der Waals surface area contributed by atoms with Crippen LogP contribution >= 0.6 is 0 Å². The van der Waals surface area contributed by atoms with Gasteiger partial charge in [-0.05, 0) is 81.3 Å². The number of carbonyl (C=O) groups is 1. The van der Waals surface area contributed by atoms with Crippen molar-refractivity contribution in [3.05, 3.63) is 83.2 Å². The lowest BCUT2D eigenvalue weighted by molar-refractivity contribution is -0.137. The van der Waals surface area contributed by atoms with Crippen molar-refractivity contribution in [2.75, 3.05) is 18.0 Å². The monoisotopic (exact) mass is 566 g/mol. The van der Waals surface area contributed by atoms with Crippen LogP contribution in [0.2, 0.25) is 0 Å². The number of anilines is 1. The van der Waals surface area contributed by atoms with Crippen LogP contribution in [0.5, 0.6) is 11.6 Å². The Balaban J connectivity index is 1.11. The van der Waals surface area contributed by atoms with Crippen LogP contribution in [0.15, 0.2) is 66.5 Å². The highest BCUT2D eigenvalue weighted by Gasteiger charge is 2.31. The summed E-state index contributed by atoms with van der Waals surface area (Å²) in [5.41, 5.74) is 1.26. The number of carbonyl (C=O) groups excluding carboxylic acids is 1. The molecule has 1 aliphatic heterocycles. The molecule has 41 heavy (non-hydrogen) atoms. The first-order valence-electron chi connectivity index (χ1n) is 13.8. The molecule has 0 atom stereocenters. The Morgan fingerprint density at radius 2 is 1.83 bits per heavy atom. The molecule has 1 saturated heterocycles. The number of aliphatic hydroxyl groups is 1. The van der Waals surface area contributed by atoms with Gasteiger partial charge in [0.15, 0.2) is 0 Å². The standard InChI is InChI=1S/C31H33F3N4O3/c1-30(40)13-15-38(16-14-30)27-11-7-23(19-35-27)29(39)37-25-9-5-21(6-10-25)17-22-3-2-4-26(18-22)41-28-12-8-24(20-36-28)31(32,33)34/h2-4,7-8,11-12,17-20,25,40H,5-6,9-10,13-16H2,1H3,(H,37,39). The van der Waals surface area contributed by atoms with Crippen LogP contribution < -0.4 is 15.0 Å². The number of halogens is 3. The van der Waals surface area contributed by atoms with E-state index in [1.807, 2.05) is 31.2 Å². The lowest BCUT2D eigenvalue weighted by Gasteiger charge is -2.36. The molecular weight excluding hydrogens is 533 g/mol. The van der Waals surface area contributed by atoms with Crippen molar-refractivity contribution < 1.29 is 27.8 Å². The predicted molar refractivity (Wildman–Crippen MR) is 150 cm³/mol. The summed E-state index contributed by atoms with van der Waals surface area (Å²) in [5.74, 6) is 1.25. The first-order chi connectivity index (χ1) is 19.5. The average molecular weight is 567 g/mol. The third-order valence-corrected chi connectivity index (χ3v) is 7.65. The molecule has 0 unspecified atom stereocenters. The van der Waals surface area contributed by atoms with Crippen LogP contribution in [-0.4, -0.2) is 45.7 Å². The van der Waals surface area contributed by atoms with Gasteiger partial charge in [-0.25, -0.2) is 9.97 Å². The zero-order valence-corrected chi connectivity index (χ0v) is 22.8. The Hall–Kier alpha value is -3.92. The molecule has 1 aromatic carbocycles. The van der Waals surface area contributed by atoms with E-state index in [9.17, 15) is 23.1 Å². The number of nitrogens with one attached hydrogen (secondary N) is 1. The number of alkyl halides is 3. The van der Waals surface area contributed by atoms with E-state index in [0.717, 1.165) is 62.4 Å². The van der Waals surface area contributed by atoms with Crippen LogP contribution in [-0.2, 0) is 6.18 Å². The fourth-order valence-electron chi connectivity index (χ4n) is 5.10. The van der Waals surface area contributed by atoms with Crippen molar-refractivity contribution in [2.45, 2.75) is 63.3 Å². The first kappa shape index (κ1) is 28.6. The van der Waals surface area contributed by atoms with Crippen LogP contribution in [0.4, 0.5) is 19.0 Å². The van der Waals surface area contributed by atoms with Gasteiger partial charge in [-0.3, -0.25) is 4.79 Å². The molecule has 216 valence electrons. The minimum atomic E-state index is -4.44. The van der Waals surface area contributed by atoms with E-state index in [2.05, 4.69) is 26.3 Å². The van der Waals surface area contributed by atoms with E-state index in [0.29, 0.717) is 24.2 Å². The van der Waals surface area contributed by atoms with Crippen molar-refractivity contribution in [3.8, 4) is 11.6 Å². The summed E-state index contributed by atoms with van der Waals surface area (Å²) in [5, 5.41) is 13.3. The lowest BCUT2D eigenvalue weighted by atomic mass is 9.89.